The number of para-hydroxylation sites is 1. The van der Waals surface area contributed by atoms with E-state index in [1.54, 1.807) is 4.31 Å². The second-order valence-electron chi connectivity index (χ2n) is 5.48. The van der Waals surface area contributed by atoms with E-state index in [1.807, 2.05) is 24.3 Å². The molecule has 1 saturated heterocycles. The van der Waals surface area contributed by atoms with Gasteiger partial charge in [-0.1, -0.05) is 12.1 Å². The molecule has 0 bridgehead atoms. The first-order chi connectivity index (χ1) is 10.4. The monoisotopic (exact) mass is 383 g/mol. The third-order valence-electron chi connectivity index (χ3n) is 3.90. The molecular weight excluding hydrogens is 366 g/mol. The smallest absolute Gasteiger partial charge is 0.211 e. The average molecular weight is 384 g/mol. The standard InChI is InChI=1S/C15H18BrN3O2S/c1-22(20,21)19-9-3-8-18(10-11-19)14-7-6-12-4-2-5-13(16)15(12)17-14/h2,4-7H,3,8-11H2,1H3. The second-order valence-corrected chi connectivity index (χ2v) is 8.32. The highest BCUT2D eigenvalue weighted by atomic mass is 79.9. The molecule has 0 radical (unpaired) electrons. The van der Waals surface area contributed by atoms with E-state index in [0.717, 1.165) is 34.2 Å². The Bertz CT molecular complexity index is 794. The topological polar surface area (TPSA) is 53.5 Å². The summed E-state index contributed by atoms with van der Waals surface area (Å²) < 4.78 is 25.9. The van der Waals surface area contributed by atoms with Crippen LogP contribution in [0.25, 0.3) is 10.9 Å². The van der Waals surface area contributed by atoms with E-state index in [2.05, 4.69) is 26.9 Å². The summed E-state index contributed by atoms with van der Waals surface area (Å²) >= 11 is 3.54. The number of aromatic nitrogens is 1. The summed E-state index contributed by atoms with van der Waals surface area (Å²) in [5.74, 6) is 0.898. The molecule has 22 heavy (non-hydrogen) atoms. The predicted octanol–water partition coefficient (Wildman–Crippen LogP) is 2.47. The van der Waals surface area contributed by atoms with Crippen molar-refractivity contribution in [2.45, 2.75) is 6.42 Å². The van der Waals surface area contributed by atoms with Gasteiger partial charge in [0.1, 0.15) is 5.82 Å². The lowest BCUT2D eigenvalue weighted by Gasteiger charge is -2.22. The molecule has 0 unspecified atom stereocenters. The van der Waals surface area contributed by atoms with Gasteiger partial charge < -0.3 is 4.90 Å². The molecule has 3 rings (SSSR count). The highest BCUT2D eigenvalue weighted by Gasteiger charge is 2.22. The summed E-state index contributed by atoms with van der Waals surface area (Å²) in [6, 6.07) is 10.1. The SMILES string of the molecule is CS(=O)(=O)N1CCCN(c2ccc3cccc(Br)c3n2)CC1. The maximum atomic E-state index is 11.7. The van der Waals surface area contributed by atoms with Crippen LogP contribution >= 0.6 is 15.9 Å². The van der Waals surface area contributed by atoms with Gasteiger partial charge in [-0.2, -0.15) is 0 Å². The first kappa shape index (κ1) is 15.7. The fraction of sp³-hybridized carbons (Fsp3) is 0.400. The van der Waals surface area contributed by atoms with Crippen molar-refractivity contribution in [2.24, 2.45) is 0 Å². The van der Waals surface area contributed by atoms with Gasteiger partial charge in [0.25, 0.3) is 0 Å². The van der Waals surface area contributed by atoms with Crippen molar-refractivity contribution in [2.75, 3.05) is 37.3 Å². The summed E-state index contributed by atoms with van der Waals surface area (Å²) in [6.45, 7) is 2.56. The van der Waals surface area contributed by atoms with Crippen molar-refractivity contribution in [1.82, 2.24) is 9.29 Å². The quantitative estimate of drug-likeness (QED) is 0.799. The van der Waals surface area contributed by atoms with Crippen LogP contribution in [0.2, 0.25) is 0 Å². The summed E-state index contributed by atoms with van der Waals surface area (Å²) in [7, 11) is -3.12. The van der Waals surface area contributed by atoms with Crippen molar-refractivity contribution in [3.05, 3.63) is 34.8 Å². The first-order valence-electron chi connectivity index (χ1n) is 7.20. The Hall–Kier alpha value is -1.18. The molecule has 1 aromatic carbocycles. The van der Waals surface area contributed by atoms with Gasteiger partial charge in [-0.15, -0.1) is 0 Å². The van der Waals surface area contributed by atoms with Crippen LogP contribution in [0.4, 0.5) is 5.82 Å². The van der Waals surface area contributed by atoms with Crippen molar-refractivity contribution in [3.8, 4) is 0 Å². The zero-order valence-corrected chi connectivity index (χ0v) is 14.8. The molecule has 0 amide bonds. The maximum Gasteiger partial charge on any atom is 0.211 e. The fourth-order valence-electron chi connectivity index (χ4n) is 2.73. The fourth-order valence-corrected chi connectivity index (χ4v) is 4.08. The molecule has 1 fully saturated rings. The van der Waals surface area contributed by atoms with E-state index in [-0.39, 0.29) is 0 Å². The highest BCUT2D eigenvalue weighted by molar-refractivity contribution is 9.10. The predicted molar refractivity (Wildman–Crippen MR) is 92.7 cm³/mol. The van der Waals surface area contributed by atoms with E-state index < -0.39 is 10.0 Å². The Morgan fingerprint density at radius 1 is 1.09 bits per heavy atom. The number of pyridine rings is 1. The Morgan fingerprint density at radius 2 is 1.91 bits per heavy atom. The van der Waals surface area contributed by atoms with Crippen molar-refractivity contribution in [3.63, 3.8) is 0 Å². The highest BCUT2D eigenvalue weighted by Crippen LogP contribution is 2.25. The van der Waals surface area contributed by atoms with Gasteiger partial charge in [-0.25, -0.2) is 17.7 Å². The number of hydrogen-bond acceptors (Lipinski definition) is 4. The third-order valence-corrected chi connectivity index (χ3v) is 5.85. The minimum Gasteiger partial charge on any atom is -0.355 e. The van der Waals surface area contributed by atoms with Crippen LogP contribution in [0.3, 0.4) is 0 Å². The number of sulfonamides is 1. The van der Waals surface area contributed by atoms with Crippen molar-refractivity contribution >= 4 is 42.7 Å². The number of fused-ring (bicyclic) bond motifs is 1. The number of rotatable bonds is 2. The van der Waals surface area contributed by atoms with E-state index in [0.29, 0.717) is 19.6 Å². The largest absolute Gasteiger partial charge is 0.355 e. The van der Waals surface area contributed by atoms with Crippen LogP contribution in [-0.2, 0) is 10.0 Å². The van der Waals surface area contributed by atoms with Gasteiger partial charge in [-0.05, 0) is 40.5 Å². The lowest BCUT2D eigenvalue weighted by atomic mass is 10.2. The number of benzene rings is 1. The number of anilines is 1. The molecule has 5 nitrogen and oxygen atoms in total. The number of halogens is 1. The first-order valence-corrected chi connectivity index (χ1v) is 9.84. The molecule has 1 aliphatic rings. The van der Waals surface area contributed by atoms with Gasteiger partial charge in [0.15, 0.2) is 0 Å². The second kappa shape index (κ2) is 6.14. The summed E-state index contributed by atoms with van der Waals surface area (Å²) in [4.78, 5) is 6.90. The molecule has 0 N–H and O–H groups in total. The van der Waals surface area contributed by atoms with Crippen LogP contribution < -0.4 is 4.90 Å². The van der Waals surface area contributed by atoms with E-state index in [4.69, 9.17) is 4.98 Å². The van der Waals surface area contributed by atoms with Crippen LogP contribution in [0, 0.1) is 0 Å². The van der Waals surface area contributed by atoms with Crippen LogP contribution in [-0.4, -0.2) is 50.1 Å². The van der Waals surface area contributed by atoms with Crippen LogP contribution in [0.15, 0.2) is 34.8 Å². The molecule has 0 saturated carbocycles. The van der Waals surface area contributed by atoms with Gasteiger partial charge in [0.05, 0.1) is 11.8 Å². The van der Waals surface area contributed by atoms with Gasteiger partial charge >= 0.3 is 0 Å². The normalized spacial score (nSPS) is 17.6. The van der Waals surface area contributed by atoms with Gasteiger partial charge in [-0.3, -0.25) is 0 Å². The van der Waals surface area contributed by atoms with E-state index in [9.17, 15) is 8.42 Å². The molecule has 1 aromatic heterocycles. The summed E-state index contributed by atoms with van der Waals surface area (Å²) in [6.07, 6.45) is 2.08. The molecule has 118 valence electrons. The Labute approximate surface area is 139 Å². The third kappa shape index (κ3) is 3.26. The molecule has 2 heterocycles. The van der Waals surface area contributed by atoms with Crippen molar-refractivity contribution in [1.29, 1.82) is 0 Å². The van der Waals surface area contributed by atoms with Crippen LogP contribution in [0.1, 0.15) is 6.42 Å². The Kier molecular flexibility index (Phi) is 4.38. The molecule has 1 aliphatic heterocycles. The minimum absolute atomic E-state index is 0.508. The molecular formula is C15H18BrN3O2S. The summed E-state index contributed by atoms with van der Waals surface area (Å²) in [5, 5.41) is 1.09. The molecule has 7 heteroatoms. The summed E-state index contributed by atoms with van der Waals surface area (Å²) in [5.41, 5.74) is 0.934. The maximum absolute atomic E-state index is 11.7. The lowest BCUT2D eigenvalue weighted by molar-refractivity contribution is 0.437. The number of nitrogens with zero attached hydrogens (tertiary/aromatic N) is 3. The Balaban J connectivity index is 1.87. The molecule has 0 spiro atoms. The number of hydrogen-bond donors (Lipinski definition) is 0. The molecule has 0 atom stereocenters. The average Bonchev–Trinajstić information content (AvgIpc) is 2.73. The zero-order valence-electron chi connectivity index (χ0n) is 12.4. The lowest BCUT2D eigenvalue weighted by Crippen LogP contribution is -2.34. The Morgan fingerprint density at radius 3 is 2.68 bits per heavy atom. The van der Waals surface area contributed by atoms with Crippen molar-refractivity contribution < 1.29 is 8.42 Å². The minimum atomic E-state index is -3.12. The molecule has 2 aromatic rings. The van der Waals surface area contributed by atoms with E-state index in [1.165, 1.54) is 6.26 Å². The zero-order chi connectivity index (χ0) is 15.7. The molecule has 0 aliphatic carbocycles. The van der Waals surface area contributed by atoms with Gasteiger partial charge in [0.2, 0.25) is 10.0 Å². The van der Waals surface area contributed by atoms with E-state index >= 15 is 0 Å². The van der Waals surface area contributed by atoms with Crippen LogP contribution in [0.5, 0.6) is 0 Å². The van der Waals surface area contributed by atoms with Gasteiger partial charge in [0, 0.05) is 36.0 Å².